The Morgan fingerprint density at radius 2 is 1.67 bits per heavy atom. The summed E-state index contributed by atoms with van der Waals surface area (Å²) in [5, 5.41) is 0. The molecule has 0 heterocycles. The van der Waals surface area contributed by atoms with Gasteiger partial charge in [0, 0.05) is 6.08 Å². The van der Waals surface area contributed by atoms with Crippen LogP contribution < -0.4 is 0 Å². The van der Waals surface area contributed by atoms with Crippen molar-refractivity contribution in [3.63, 3.8) is 0 Å². The van der Waals surface area contributed by atoms with E-state index < -0.39 is 11.6 Å². The van der Waals surface area contributed by atoms with Gasteiger partial charge in [-0.05, 0) is 38.5 Å². The fourth-order valence-electron chi connectivity index (χ4n) is 1.44. The molecular weight excluding hydrogens is 268 g/mol. The minimum absolute atomic E-state index is 0.344. The molecule has 0 bridgehead atoms. The van der Waals surface area contributed by atoms with Crippen molar-refractivity contribution in [2.45, 2.75) is 26.4 Å². The van der Waals surface area contributed by atoms with Crippen LogP contribution in [0.25, 0.3) is 6.08 Å². The van der Waals surface area contributed by atoms with E-state index in [1.165, 1.54) is 13.2 Å². The van der Waals surface area contributed by atoms with Crippen LogP contribution in [0.5, 0.6) is 0 Å². The number of hydrogen-bond acceptors (Lipinski definition) is 4. The molecule has 0 amide bonds. The van der Waals surface area contributed by atoms with E-state index in [0.29, 0.717) is 5.56 Å². The minimum atomic E-state index is -0.506. The van der Waals surface area contributed by atoms with Crippen LogP contribution in [-0.2, 0) is 14.3 Å². The third-order valence-electron chi connectivity index (χ3n) is 2.38. The summed E-state index contributed by atoms with van der Waals surface area (Å²) < 4.78 is 9.75. The largest absolute Gasteiger partial charge is 0.466 e. The predicted octanol–water partition coefficient (Wildman–Crippen LogP) is 3.38. The maximum Gasteiger partial charge on any atom is 0.338 e. The second-order valence-electron chi connectivity index (χ2n) is 5.37. The number of methoxy groups -OCH3 is 1. The second-order valence-corrected chi connectivity index (χ2v) is 5.37. The molecule has 0 spiro atoms. The summed E-state index contributed by atoms with van der Waals surface area (Å²) >= 11 is 0. The Hall–Kier alpha value is -2.36. The van der Waals surface area contributed by atoms with Gasteiger partial charge in [0.25, 0.3) is 0 Å². The average Bonchev–Trinajstić information content (AvgIpc) is 2.42. The van der Waals surface area contributed by atoms with Gasteiger partial charge in [-0.3, -0.25) is 0 Å². The lowest BCUT2D eigenvalue weighted by molar-refractivity contribution is -0.134. The maximum absolute atomic E-state index is 11.8. The molecule has 0 radical (unpaired) electrons. The van der Waals surface area contributed by atoms with Crippen molar-refractivity contribution in [2.75, 3.05) is 7.11 Å². The van der Waals surface area contributed by atoms with Crippen molar-refractivity contribution in [3.05, 3.63) is 53.6 Å². The summed E-state index contributed by atoms with van der Waals surface area (Å²) in [6, 6.07) is 7.03. The van der Waals surface area contributed by atoms with Gasteiger partial charge in [0.1, 0.15) is 5.60 Å². The number of esters is 2. The number of ether oxygens (including phenoxy) is 2. The SMILES string of the molecule is COC(=O)C=CC=Cc1ccc(C(=O)OC(C)(C)C)cc1. The van der Waals surface area contributed by atoms with Crippen molar-refractivity contribution in [1.82, 2.24) is 0 Å². The zero-order valence-corrected chi connectivity index (χ0v) is 12.8. The lowest BCUT2D eigenvalue weighted by Crippen LogP contribution is -2.23. The molecule has 0 unspecified atom stereocenters. The Balaban J connectivity index is 2.66. The van der Waals surface area contributed by atoms with Gasteiger partial charge in [-0.2, -0.15) is 0 Å². The highest BCUT2D eigenvalue weighted by atomic mass is 16.6. The molecule has 4 nitrogen and oxygen atoms in total. The standard InChI is InChI=1S/C17H20O4/c1-17(2,3)21-16(19)14-11-9-13(10-12-14)7-5-6-8-15(18)20-4/h5-12H,1-4H3. The summed E-state index contributed by atoms with van der Waals surface area (Å²) in [5.41, 5.74) is 0.915. The first-order valence-electron chi connectivity index (χ1n) is 6.58. The first kappa shape index (κ1) is 16.7. The lowest BCUT2D eigenvalue weighted by atomic mass is 10.1. The molecule has 0 atom stereocenters. The monoisotopic (exact) mass is 288 g/mol. The highest BCUT2D eigenvalue weighted by Crippen LogP contribution is 2.13. The van der Waals surface area contributed by atoms with E-state index in [4.69, 9.17) is 4.74 Å². The Kier molecular flexibility index (Phi) is 5.91. The molecule has 0 saturated heterocycles. The zero-order chi connectivity index (χ0) is 15.9. The summed E-state index contributed by atoms with van der Waals surface area (Å²) in [7, 11) is 1.33. The normalized spacial score (nSPS) is 11.8. The van der Waals surface area contributed by atoms with Crippen LogP contribution in [0.1, 0.15) is 36.7 Å². The van der Waals surface area contributed by atoms with Crippen LogP contribution in [0.4, 0.5) is 0 Å². The molecule has 112 valence electrons. The van der Waals surface area contributed by atoms with Crippen molar-refractivity contribution in [1.29, 1.82) is 0 Å². The highest BCUT2D eigenvalue weighted by molar-refractivity contribution is 5.90. The lowest BCUT2D eigenvalue weighted by Gasteiger charge is -2.19. The van der Waals surface area contributed by atoms with E-state index >= 15 is 0 Å². The van der Waals surface area contributed by atoms with Crippen LogP contribution >= 0.6 is 0 Å². The number of benzene rings is 1. The van der Waals surface area contributed by atoms with Gasteiger partial charge in [-0.25, -0.2) is 9.59 Å². The van der Waals surface area contributed by atoms with Gasteiger partial charge in [0.15, 0.2) is 0 Å². The fourth-order valence-corrected chi connectivity index (χ4v) is 1.44. The molecule has 0 N–H and O–H groups in total. The number of hydrogen-bond donors (Lipinski definition) is 0. The van der Waals surface area contributed by atoms with Gasteiger partial charge in [0.2, 0.25) is 0 Å². The molecule has 1 rings (SSSR count). The van der Waals surface area contributed by atoms with Gasteiger partial charge in [-0.1, -0.05) is 30.4 Å². The topological polar surface area (TPSA) is 52.6 Å². The summed E-state index contributed by atoms with van der Waals surface area (Å²) in [6.07, 6.45) is 6.46. The maximum atomic E-state index is 11.8. The van der Waals surface area contributed by atoms with Gasteiger partial charge >= 0.3 is 11.9 Å². The van der Waals surface area contributed by atoms with Gasteiger partial charge in [0.05, 0.1) is 12.7 Å². The van der Waals surface area contributed by atoms with Crippen molar-refractivity contribution in [2.24, 2.45) is 0 Å². The van der Waals surface area contributed by atoms with E-state index in [1.54, 1.807) is 24.3 Å². The number of allylic oxidation sites excluding steroid dienone is 2. The smallest absolute Gasteiger partial charge is 0.338 e. The predicted molar refractivity (Wildman–Crippen MR) is 81.8 cm³/mol. The number of rotatable bonds is 4. The van der Waals surface area contributed by atoms with Crippen LogP contribution in [0.2, 0.25) is 0 Å². The van der Waals surface area contributed by atoms with Crippen LogP contribution in [-0.4, -0.2) is 24.6 Å². The van der Waals surface area contributed by atoms with Crippen LogP contribution in [0, 0.1) is 0 Å². The summed E-state index contributed by atoms with van der Waals surface area (Å²) in [4.78, 5) is 22.7. The number of carbonyl (C=O) groups is 2. The molecule has 0 aromatic heterocycles. The third-order valence-corrected chi connectivity index (χ3v) is 2.38. The Bertz CT molecular complexity index is 545. The zero-order valence-electron chi connectivity index (χ0n) is 12.8. The van der Waals surface area contributed by atoms with Gasteiger partial charge < -0.3 is 9.47 Å². The molecule has 0 saturated carbocycles. The van der Waals surface area contributed by atoms with Crippen LogP contribution in [0.15, 0.2) is 42.5 Å². The first-order valence-corrected chi connectivity index (χ1v) is 6.58. The molecule has 0 fully saturated rings. The quantitative estimate of drug-likeness (QED) is 0.484. The molecule has 0 aliphatic rings. The van der Waals surface area contributed by atoms with E-state index in [1.807, 2.05) is 39.0 Å². The van der Waals surface area contributed by atoms with E-state index in [2.05, 4.69) is 4.74 Å². The second kappa shape index (κ2) is 7.43. The van der Waals surface area contributed by atoms with Crippen molar-refractivity contribution < 1.29 is 19.1 Å². The molecule has 0 aliphatic carbocycles. The molecule has 21 heavy (non-hydrogen) atoms. The molecule has 1 aromatic carbocycles. The Morgan fingerprint density at radius 1 is 1.05 bits per heavy atom. The number of carbonyl (C=O) groups excluding carboxylic acids is 2. The van der Waals surface area contributed by atoms with Crippen molar-refractivity contribution >= 4 is 18.0 Å². The minimum Gasteiger partial charge on any atom is -0.466 e. The highest BCUT2D eigenvalue weighted by Gasteiger charge is 2.17. The molecule has 1 aromatic rings. The Labute approximate surface area is 125 Å². The summed E-state index contributed by atoms with van der Waals surface area (Å²) in [5.74, 6) is -0.747. The van der Waals surface area contributed by atoms with E-state index in [0.717, 1.165) is 5.56 Å². The first-order chi connectivity index (χ1) is 9.81. The van der Waals surface area contributed by atoms with Crippen molar-refractivity contribution in [3.8, 4) is 0 Å². The third kappa shape index (κ3) is 6.56. The van der Waals surface area contributed by atoms with Gasteiger partial charge in [-0.15, -0.1) is 0 Å². The van der Waals surface area contributed by atoms with E-state index in [-0.39, 0.29) is 5.97 Å². The summed E-state index contributed by atoms with van der Waals surface area (Å²) in [6.45, 7) is 5.49. The Morgan fingerprint density at radius 3 is 2.19 bits per heavy atom. The molecular formula is C17H20O4. The van der Waals surface area contributed by atoms with Crippen LogP contribution in [0.3, 0.4) is 0 Å². The fraction of sp³-hybridized carbons (Fsp3) is 0.294. The van der Waals surface area contributed by atoms with E-state index in [9.17, 15) is 9.59 Å². The molecule has 4 heteroatoms. The average molecular weight is 288 g/mol. The molecule has 0 aliphatic heterocycles.